The summed E-state index contributed by atoms with van der Waals surface area (Å²) in [6.45, 7) is 3.72. The van der Waals surface area contributed by atoms with E-state index in [2.05, 4.69) is 22.9 Å². The van der Waals surface area contributed by atoms with Gasteiger partial charge in [-0.3, -0.25) is 9.59 Å². The predicted octanol–water partition coefficient (Wildman–Crippen LogP) is 2.90. The number of rotatable bonds is 11. The molecular formula is C21H27N3O4. The standard InChI is InChI=1S/C21H27N3O4/c1-3-12-28-19-9-7-17(8-10-19)23-15-20(25)24-18-6-4-5-16(14-18)21(26)22-11-13-27-2/h4-10,14,23H,3,11-13,15H2,1-2H3,(H,22,26)(H,24,25). The topological polar surface area (TPSA) is 88.7 Å². The van der Waals surface area contributed by atoms with Gasteiger partial charge in [0, 0.05) is 30.6 Å². The van der Waals surface area contributed by atoms with Gasteiger partial charge >= 0.3 is 0 Å². The minimum absolute atomic E-state index is 0.111. The maximum Gasteiger partial charge on any atom is 0.251 e. The van der Waals surface area contributed by atoms with Crippen LogP contribution < -0.4 is 20.7 Å². The Labute approximate surface area is 165 Å². The zero-order valence-electron chi connectivity index (χ0n) is 16.3. The number of carbonyl (C=O) groups is 2. The van der Waals surface area contributed by atoms with Crippen molar-refractivity contribution >= 4 is 23.2 Å². The normalized spacial score (nSPS) is 10.2. The van der Waals surface area contributed by atoms with E-state index in [4.69, 9.17) is 9.47 Å². The van der Waals surface area contributed by atoms with Gasteiger partial charge in [-0.2, -0.15) is 0 Å². The zero-order chi connectivity index (χ0) is 20.2. The molecule has 2 aromatic carbocycles. The largest absolute Gasteiger partial charge is 0.494 e. The molecule has 2 rings (SSSR count). The van der Waals surface area contributed by atoms with Crippen LogP contribution in [-0.2, 0) is 9.53 Å². The van der Waals surface area contributed by atoms with Crippen molar-refractivity contribution in [1.82, 2.24) is 5.32 Å². The molecule has 2 amide bonds. The van der Waals surface area contributed by atoms with Crippen LogP contribution in [0.25, 0.3) is 0 Å². The third kappa shape index (κ3) is 7.28. The molecule has 7 heteroatoms. The van der Waals surface area contributed by atoms with Crippen LogP contribution in [0.1, 0.15) is 23.7 Å². The fourth-order valence-corrected chi connectivity index (χ4v) is 2.38. The minimum Gasteiger partial charge on any atom is -0.494 e. The first-order valence-corrected chi connectivity index (χ1v) is 9.26. The number of benzene rings is 2. The summed E-state index contributed by atoms with van der Waals surface area (Å²) in [7, 11) is 1.57. The van der Waals surface area contributed by atoms with Gasteiger partial charge in [-0.05, 0) is 48.9 Å². The second-order valence-corrected chi connectivity index (χ2v) is 6.10. The van der Waals surface area contributed by atoms with Crippen LogP contribution in [0.5, 0.6) is 5.75 Å². The lowest BCUT2D eigenvalue weighted by molar-refractivity contribution is -0.114. The molecular weight excluding hydrogens is 358 g/mol. The molecule has 28 heavy (non-hydrogen) atoms. The fourth-order valence-electron chi connectivity index (χ4n) is 2.38. The molecule has 0 aliphatic carbocycles. The molecule has 0 unspecified atom stereocenters. The highest BCUT2D eigenvalue weighted by molar-refractivity contribution is 5.98. The Morgan fingerprint density at radius 3 is 2.50 bits per heavy atom. The summed E-state index contributed by atoms with van der Waals surface area (Å²) in [4.78, 5) is 24.2. The SMILES string of the molecule is CCCOc1ccc(NCC(=O)Nc2cccc(C(=O)NCCOC)c2)cc1. The first kappa shape index (κ1) is 21.2. The smallest absolute Gasteiger partial charge is 0.251 e. The molecule has 0 saturated heterocycles. The molecule has 0 atom stereocenters. The summed E-state index contributed by atoms with van der Waals surface area (Å²) in [5.41, 5.74) is 1.87. The van der Waals surface area contributed by atoms with Gasteiger partial charge < -0.3 is 25.4 Å². The summed E-state index contributed by atoms with van der Waals surface area (Å²) in [6, 6.07) is 14.3. The maximum absolute atomic E-state index is 12.2. The number of hydrogen-bond donors (Lipinski definition) is 3. The van der Waals surface area contributed by atoms with Crippen LogP contribution in [0.15, 0.2) is 48.5 Å². The van der Waals surface area contributed by atoms with E-state index in [1.807, 2.05) is 24.3 Å². The average Bonchev–Trinajstić information content (AvgIpc) is 2.72. The van der Waals surface area contributed by atoms with E-state index in [1.165, 1.54) is 0 Å². The fraction of sp³-hybridized carbons (Fsp3) is 0.333. The molecule has 0 heterocycles. The molecule has 0 aliphatic heterocycles. The number of hydrogen-bond acceptors (Lipinski definition) is 5. The van der Waals surface area contributed by atoms with Gasteiger partial charge in [-0.15, -0.1) is 0 Å². The van der Waals surface area contributed by atoms with Gasteiger partial charge in [0.2, 0.25) is 5.91 Å². The van der Waals surface area contributed by atoms with Crippen LogP contribution in [0.4, 0.5) is 11.4 Å². The molecule has 0 aliphatic rings. The number of ether oxygens (including phenoxy) is 2. The minimum atomic E-state index is -0.211. The highest BCUT2D eigenvalue weighted by Crippen LogP contribution is 2.16. The van der Waals surface area contributed by atoms with Gasteiger partial charge in [0.1, 0.15) is 5.75 Å². The van der Waals surface area contributed by atoms with Crippen molar-refractivity contribution in [2.75, 3.05) is 44.0 Å². The van der Waals surface area contributed by atoms with Crippen molar-refractivity contribution in [1.29, 1.82) is 0 Å². The predicted molar refractivity (Wildman–Crippen MR) is 110 cm³/mol. The summed E-state index contributed by atoms with van der Waals surface area (Å²) < 4.78 is 10.4. The monoisotopic (exact) mass is 385 g/mol. The van der Waals surface area contributed by atoms with Gasteiger partial charge in [-0.1, -0.05) is 13.0 Å². The second-order valence-electron chi connectivity index (χ2n) is 6.10. The van der Waals surface area contributed by atoms with Gasteiger partial charge in [-0.25, -0.2) is 0 Å². The van der Waals surface area contributed by atoms with E-state index >= 15 is 0 Å². The van der Waals surface area contributed by atoms with E-state index in [9.17, 15) is 9.59 Å². The molecule has 0 fully saturated rings. The third-order valence-electron chi connectivity index (χ3n) is 3.78. The first-order valence-electron chi connectivity index (χ1n) is 9.26. The van der Waals surface area contributed by atoms with Crippen molar-refractivity contribution in [2.45, 2.75) is 13.3 Å². The van der Waals surface area contributed by atoms with Crippen LogP contribution in [0.2, 0.25) is 0 Å². The summed E-state index contributed by atoms with van der Waals surface area (Å²) in [6.07, 6.45) is 0.955. The third-order valence-corrected chi connectivity index (χ3v) is 3.78. The Morgan fingerprint density at radius 2 is 1.79 bits per heavy atom. The Hall–Kier alpha value is -3.06. The molecule has 2 aromatic rings. The maximum atomic E-state index is 12.2. The Bertz CT molecular complexity index is 763. The number of amides is 2. The van der Waals surface area contributed by atoms with Crippen LogP contribution in [0, 0.1) is 0 Å². The zero-order valence-corrected chi connectivity index (χ0v) is 16.3. The van der Waals surface area contributed by atoms with Gasteiger partial charge in [0.25, 0.3) is 5.91 Å². The quantitative estimate of drug-likeness (QED) is 0.518. The highest BCUT2D eigenvalue weighted by Gasteiger charge is 2.08. The van der Waals surface area contributed by atoms with Crippen molar-refractivity contribution in [3.05, 3.63) is 54.1 Å². The molecule has 0 saturated carbocycles. The first-order chi connectivity index (χ1) is 13.6. The van der Waals surface area contributed by atoms with Crippen molar-refractivity contribution in [3.8, 4) is 5.75 Å². The van der Waals surface area contributed by atoms with E-state index in [0.29, 0.717) is 31.0 Å². The lowest BCUT2D eigenvalue weighted by Gasteiger charge is -2.10. The molecule has 0 bridgehead atoms. The molecule has 150 valence electrons. The molecule has 0 radical (unpaired) electrons. The molecule has 3 N–H and O–H groups in total. The Morgan fingerprint density at radius 1 is 1.00 bits per heavy atom. The number of carbonyl (C=O) groups excluding carboxylic acids is 2. The van der Waals surface area contributed by atoms with Gasteiger partial charge in [0.05, 0.1) is 19.8 Å². The summed E-state index contributed by atoms with van der Waals surface area (Å²) in [5.74, 6) is 0.386. The molecule has 0 spiro atoms. The number of anilines is 2. The summed E-state index contributed by atoms with van der Waals surface area (Å²) >= 11 is 0. The van der Waals surface area contributed by atoms with E-state index in [0.717, 1.165) is 17.9 Å². The molecule has 0 aromatic heterocycles. The number of methoxy groups -OCH3 is 1. The van der Waals surface area contributed by atoms with Crippen LogP contribution in [0.3, 0.4) is 0 Å². The van der Waals surface area contributed by atoms with Crippen molar-refractivity contribution < 1.29 is 19.1 Å². The van der Waals surface area contributed by atoms with E-state index < -0.39 is 0 Å². The molecule has 7 nitrogen and oxygen atoms in total. The van der Waals surface area contributed by atoms with Crippen LogP contribution in [-0.4, -0.2) is 45.2 Å². The van der Waals surface area contributed by atoms with E-state index in [1.54, 1.807) is 31.4 Å². The summed E-state index contributed by atoms with van der Waals surface area (Å²) in [5, 5.41) is 8.59. The average molecular weight is 385 g/mol. The van der Waals surface area contributed by atoms with Crippen LogP contribution >= 0.6 is 0 Å². The second kappa shape index (κ2) is 11.6. The van der Waals surface area contributed by atoms with Crippen molar-refractivity contribution in [2.24, 2.45) is 0 Å². The van der Waals surface area contributed by atoms with Crippen molar-refractivity contribution in [3.63, 3.8) is 0 Å². The Balaban J connectivity index is 1.82. The highest BCUT2D eigenvalue weighted by atomic mass is 16.5. The lowest BCUT2D eigenvalue weighted by Crippen LogP contribution is -2.27. The van der Waals surface area contributed by atoms with Gasteiger partial charge in [0.15, 0.2) is 0 Å². The number of nitrogens with one attached hydrogen (secondary N) is 3. The van der Waals surface area contributed by atoms with E-state index in [-0.39, 0.29) is 18.4 Å². The Kier molecular flexibility index (Phi) is 8.81. The lowest BCUT2D eigenvalue weighted by atomic mass is 10.2.